The normalized spacial score (nSPS) is 18.7. The summed E-state index contributed by atoms with van der Waals surface area (Å²) in [6.45, 7) is 2.70. The van der Waals surface area contributed by atoms with Crippen LogP contribution >= 0.6 is 0 Å². The first-order valence-electron chi connectivity index (χ1n) is 7.38. The van der Waals surface area contributed by atoms with E-state index in [-0.39, 0.29) is 11.9 Å². The molecular weight excluding hydrogens is 265 g/mol. The lowest BCUT2D eigenvalue weighted by molar-refractivity contribution is 0.259. The molecule has 2 atom stereocenters. The maximum Gasteiger partial charge on any atom is 0.123 e. The average Bonchev–Trinajstić information content (AvgIpc) is 2.50. The van der Waals surface area contributed by atoms with Crippen LogP contribution in [0.1, 0.15) is 41.5 Å². The number of halogens is 1. The monoisotopic (exact) mass is 285 g/mol. The number of hydrogen-bond acceptors (Lipinski definition) is 2. The van der Waals surface area contributed by atoms with E-state index < -0.39 is 0 Å². The Kier molecular flexibility index (Phi) is 3.93. The molecule has 1 aliphatic rings. The van der Waals surface area contributed by atoms with Gasteiger partial charge in [-0.1, -0.05) is 24.3 Å². The molecular formula is C18H20FNO. The van der Waals surface area contributed by atoms with Gasteiger partial charge in [0.15, 0.2) is 0 Å². The molecule has 0 fully saturated rings. The average molecular weight is 285 g/mol. The molecule has 110 valence electrons. The topological polar surface area (TPSA) is 35.2 Å². The number of rotatable bonds is 3. The summed E-state index contributed by atoms with van der Waals surface area (Å²) in [5.74, 6) is 1.10. The fourth-order valence-electron chi connectivity index (χ4n) is 3.11. The minimum absolute atomic E-state index is 0.156. The van der Waals surface area contributed by atoms with Crippen molar-refractivity contribution in [1.29, 1.82) is 0 Å². The molecule has 0 aromatic heterocycles. The number of hydrogen-bond donors (Lipinski definition) is 1. The zero-order chi connectivity index (χ0) is 14.8. The Morgan fingerprint density at radius 2 is 2.10 bits per heavy atom. The molecule has 21 heavy (non-hydrogen) atoms. The number of nitrogens with two attached hydrogens (primary N) is 1. The molecule has 0 radical (unpaired) electrons. The molecule has 0 saturated heterocycles. The first-order valence-corrected chi connectivity index (χ1v) is 7.38. The Hall–Kier alpha value is -1.87. The van der Waals surface area contributed by atoms with Gasteiger partial charge in [0.25, 0.3) is 0 Å². The zero-order valence-corrected chi connectivity index (χ0v) is 12.2. The zero-order valence-electron chi connectivity index (χ0n) is 12.2. The van der Waals surface area contributed by atoms with Crippen LogP contribution in [0.3, 0.4) is 0 Å². The molecule has 3 heteroatoms. The molecule has 2 N–H and O–H groups in total. The predicted octanol–water partition coefficient (Wildman–Crippen LogP) is 4.09. The van der Waals surface area contributed by atoms with E-state index in [9.17, 15) is 4.39 Å². The lowest BCUT2D eigenvalue weighted by Gasteiger charge is -2.28. The van der Waals surface area contributed by atoms with Crippen molar-refractivity contribution in [3.05, 3.63) is 65.0 Å². The van der Waals surface area contributed by atoms with Crippen molar-refractivity contribution in [1.82, 2.24) is 0 Å². The second-order valence-corrected chi connectivity index (χ2v) is 5.71. The van der Waals surface area contributed by atoms with E-state index in [1.54, 1.807) is 12.1 Å². The van der Waals surface area contributed by atoms with E-state index >= 15 is 0 Å². The Bertz CT molecular complexity index is 641. The molecule has 2 unspecified atom stereocenters. The highest BCUT2D eigenvalue weighted by atomic mass is 19.1. The Balaban J connectivity index is 1.82. The lowest BCUT2D eigenvalue weighted by atomic mass is 9.85. The number of aryl methyl sites for hydroxylation is 1. The molecule has 0 aliphatic carbocycles. The first-order chi connectivity index (χ1) is 10.1. The van der Waals surface area contributed by atoms with Crippen molar-refractivity contribution in [3.8, 4) is 5.75 Å². The second-order valence-electron chi connectivity index (χ2n) is 5.71. The molecule has 0 amide bonds. The van der Waals surface area contributed by atoms with Crippen LogP contribution < -0.4 is 10.5 Å². The fraction of sp³-hybridized carbons (Fsp3) is 0.333. The van der Waals surface area contributed by atoms with Crippen molar-refractivity contribution >= 4 is 0 Å². The second kappa shape index (κ2) is 5.86. The molecule has 2 nitrogen and oxygen atoms in total. The molecule has 0 saturated carbocycles. The van der Waals surface area contributed by atoms with Crippen LogP contribution in [0, 0.1) is 12.7 Å². The third kappa shape index (κ3) is 2.93. The lowest BCUT2D eigenvalue weighted by Crippen LogP contribution is -2.20. The number of fused-ring (bicyclic) bond motifs is 1. The summed E-state index contributed by atoms with van der Waals surface area (Å²) in [5.41, 5.74) is 9.51. The van der Waals surface area contributed by atoms with Crippen molar-refractivity contribution in [2.45, 2.75) is 31.7 Å². The van der Waals surface area contributed by atoms with Crippen molar-refractivity contribution in [3.63, 3.8) is 0 Å². The smallest absolute Gasteiger partial charge is 0.123 e. The molecule has 2 aromatic rings. The van der Waals surface area contributed by atoms with Crippen molar-refractivity contribution in [2.75, 3.05) is 6.61 Å². The van der Waals surface area contributed by atoms with Crippen LogP contribution in [0.4, 0.5) is 4.39 Å². The van der Waals surface area contributed by atoms with Crippen LogP contribution in [0.25, 0.3) is 0 Å². The van der Waals surface area contributed by atoms with E-state index in [1.807, 2.05) is 25.1 Å². The van der Waals surface area contributed by atoms with E-state index in [0.29, 0.717) is 5.92 Å². The molecule has 2 aromatic carbocycles. The summed E-state index contributed by atoms with van der Waals surface area (Å²) in [6.07, 6.45) is 1.77. The van der Waals surface area contributed by atoms with Gasteiger partial charge in [0.2, 0.25) is 0 Å². The summed E-state index contributed by atoms with van der Waals surface area (Å²) in [6, 6.07) is 12.8. The highest BCUT2D eigenvalue weighted by Gasteiger charge is 2.24. The van der Waals surface area contributed by atoms with E-state index in [2.05, 4.69) is 6.07 Å². The van der Waals surface area contributed by atoms with Crippen LogP contribution in [-0.2, 0) is 0 Å². The SMILES string of the molecule is Cc1ccc(F)cc1C(N)CC1CCOc2ccccc21. The number of para-hydroxylation sites is 1. The van der Waals surface area contributed by atoms with Crippen LogP contribution in [-0.4, -0.2) is 6.61 Å². The molecule has 0 spiro atoms. The Morgan fingerprint density at radius 3 is 2.95 bits per heavy atom. The summed E-state index contributed by atoms with van der Waals surface area (Å²) in [7, 11) is 0. The van der Waals surface area contributed by atoms with Crippen LogP contribution in [0.15, 0.2) is 42.5 Å². The molecule has 1 aliphatic heterocycles. The number of benzene rings is 2. The Morgan fingerprint density at radius 1 is 1.29 bits per heavy atom. The minimum atomic E-state index is -0.224. The maximum atomic E-state index is 13.4. The largest absolute Gasteiger partial charge is 0.493 e. The van der Waals surface area contributed by atoms with Crippen LogP contribution in [0.2, 0.25) is 0 Å². The van der Waals surface area contributed by atoms with Crippen molar-refractivity contribution < 1.29 is 9.13 Å². The first kappa shape index (κ1) is 14.1. The van der Waals surface area contributed by atoms with E-state index in [4.69, 9.17) is 10.5 Å². The van der Waals surface area contributed by atoms with Crippen LogP contribution in [0.5, 0.6) is 5.75 Å². The molecule has 1 heterocycles. The summed E-state index contributed by atoms with van der Waals surface area (Å²) < 4.78 is 19.1. The number of ether oxygens (including phenoxy) is 1. The summed E-state index contributed by atoms with van der Waals surface area (Å²) in [4.78, 5) is 0. The van der Waals surface area contributed by atoms with Gasteiger partial charge in [-0.25, -0.2) is 4.39 Å². The quantitative estimate of drug-likeness (QED) is 0.922. The van der Waals surface area contributed by atoms with Crippen molar-refractivity contribution in [2.24, 2.45) is 5.73 Å². The standard InChI is InChI=1S/C18H20FNO/c1-12-6-7-14(19)11-16(12)17(20)10-13-8-9-21-18-5-3-2-4-15(13)18/h2-7,11,13,17H,8-10,20H2,1H3. The van der Waals surface area contributed by atoms with Gasteiger partial charge in [-0.3, -0.25) is 0 Å². The van der Waals surface area contributed by atoms with Gasteiger partial charge in [-0.2, -0.15) is 0 Å². The van der Waals surface area contributed by atoms with Gasteiger partial charge in [0.1, 0.15) is 11.6 Å². The fourth-order valence-corrected chi connectivity index (χ4v) is 3.11. The molecule has 3 rings (SSSR count). The van der Waals surface area contributed by atoms with E-state index in [1.165, 1.54) is 11.6 Å². The Labute approximate surface area is 124 Å². The van der Waals surface area contributed by atoms with Gasteiger partial charge in [0.05, 0.1) is 6.61 Å². The van der Waals surface area contributed by atoms with Gasteiger partial charge in [-0.05, 0) is 60.6 Å². The highest BCUT2D eigenvalue weighted by molar-refractivity contribution is 5.38. The highest BCUT2D eigenvalue weighted by Crippen LogP contribution is 2.38. The van der Waals surface area contributed by atoms with Gasteiger partial charge < -0.3 is 10.5 Å². The maximum absolute atomic E-state index is 13.4. The van der Waals surface area contributed by atoms with Gasteiger partial charge in [0, 0.05) is 6.04 Å². The third-order valence-electron chi connectivity index (χ3n) is 4.26. The summed E-state index contributed by atoms with van der Waals surface area (Å²) in [5, 5.41) is 0. The minimum Gasteiger partial charge on any atom is -0.493 e. The van der Waals surface area contributed by atoms with Gasteiger partial charge >= 0.3 is 0 Å². The predicted molar refractivity (Wildman–Crippen MR) is 82.0 cm³/mol. The summed E-state index contributed by atoms with van der Waals surface area (Å²) >= 11 is 0. The van der Waals surface area contributed by atoms with Gasteiger partial charge in [-0.15, -0.1) is 0 Å². The molecule has 0 bridgehead atoms. The third-order valence-corrected chi connectivity index (χ3v) is 4.26. The van der Waals surface area contributed by atoms with E-state index in [0.717, 1.165) is 36.3 Å².